The normalized spacial score (nSPS) is 25.2. The van der Waals surface area contributed by atoms with Gasteiger partial charge in [-0.15, -0.1) is 0 Å². The molecule has 1 aromatic heterocycles. The van der Waals surface area contributed by atoms with Crippen LogP contribution in [0, 0.1) is 18.8 Å². The molecule has 2 aromatic rings. The summed E-state index contributed by atoms with van der Waals surface area (Å²) in [5.74, 6) is 1.69. The lowest BCUT2D eigenvalue weighted by Crippen LogP contribution is -2.49. The van der Waals surface area contributed by atoms with E-state index in [-0.39, 0.29) is 11.9 Å². The van der Waals surface area contributed by atoms with Crippen LogP contribution in [0.4, 0.5) is 0 Å². The van der Waals surface area contributed by atoms with Crippen molar-refractivity contribution >= 4 is 16.9 Å². The van der Waals surface area contributed by atoms with Gasteiger partial charge in [0.05, 0.1) is 12.2 Å². The summed E-state index contributed by atoms with van der Waals surface area (Å²) >= 11 is 0. The van der Waals surface area contributed by atoms with E-state index in [0.29, 0.717) is 29.6 Å². The summed E-state index contributed by atoms with van der Waals surface area (Å²) in [5, 5.41) is 4.23. The molecule has 5 nitrogen and oxygen atoms in total. The maximum Gasteiger partial charge on any atom is 0.255 e. The van der Waals surface area contributed by atoms with Gasteiger partial charge in [0, 0.05) is 37.2 Å². The Hall–Kier alpha value is -1.85. The number of benzene rings is 1. The van der Waals surface area contributed by atoms with Crippen LogP contribution in [0.15, 0.2) is 28.7 Å². The van der Waals surface area contributed by atoms with Crippen LogP contribution in [-0.2, 0) is 9.47 Å². The third-order valence-electron chi connectivity index (χ3n) is 5.50. The van der Waals surface area contributed by atoms with Gasteiger partial charge in [-0.2, -0.15) is 0 Å². The molecule has 134 valence electrons. The van der Waals surface area contributed by atoms with Crippen LogP contribution in [0.1, 0.15) is 35.4 Å². The number of nitrogens with one attached hydrogen (secondary N) is 1. The van der Waals surface area contributed by atoms with Crippen molar-refractivity contribution < 1.29 is 18.7 Å². The van der Waals surface area contributed by atoms with Gasteiger partial charge in [-0.3, -0.25) is 4.79 Å². The number of aryl methyl sites for hydroxylation is 1. The van der Waals surface area contributed by atoms with Crippen molar-refractivity contribution in [2.75, 3.05) is 26.4 Å². The first-order valence-corrected chi connectivity index (χ1v) is 9.18. The molecule has 0 saturated carbocycles. The fourth-order valence-corrected chi connectivity index (χ4v) is 4.16. The average Bonchev–Trinajstić information content (AvgIpc) is 3.03. The van der Waals surface area contributed by atoms with Gasteiger partial charge in [0.25, 0.3) is 5.91 Å². The molecule has 2 atom stereocenters. The molecule has 1 amide bonds. The van der Waals surface area contributed by atoms with E-state index in [4.69, 9.17) is 13.9 Å². The Morgan fingerprint density at radius 2 is 1.92 bits per heavy atom. The first-order valence-electron chi connectivity index (χ1n) is 9.18. The second-order valence-electron chi connectivity index (χ2n) is 7.14. The number of rotatable bonds is 3. The summed E-state index contributed by atoms with van der Waals surface area (Å²) < 4.78 is 17.0. The predicted molar refractivity (Wildman–Crippen MR) is 94.7 cm³/mol. The zero-order valence-corrected chi connectivity index (χ0v) is 14.6. The van der Waals surface area contributed by atoms with Crippen LogP contribution in [0.3, 0.4) is 0 Å². The van der Waals surface area contributed by atoms with Crippen molar-refractivity contribution in [3.8, 4) is 0 Å². The Morgan fingerprint density at radius 3 is 2.76 bits per heavy atom. The molecule has 25 heavy (non-hydrogen) atoms. The van der Waals surface area contributed by atoms with Gasteiger partial charge in [0.1, 0.15) is 11.3 Å². The Morgan fingerprint density at radius 1 is 1.12 bits per heavy atom. The molecule has 4 rings (SSSR count). The molecule has 0 bridgehead atoms. The monoisotopic (exact) mass is 343 g/mol. The molecular weight excluding hydrogens is 318 g/mol. The van der Waals surface area contributed by atoms with E-state index < -0.39 is 0 Å². The summed E-state index contributed by atoms with van der Waals surface area (Å²) in [6.45, 7) is 4.95. The van der Waals surface area contributed by atoms with Crippen molar-refractivity contribution in [1.82, 2.24) is 5.32 Å². The Labute approximate surface area is 147 Å². The summed E-state index contributed by atoms with van der Waals surface area (Å²) in [6.07, 6.45) is 2.96. The quantitative estimate of drug-likeness (QED) is 0.929. The smallest absolute Gasteiger partial charge is 0.255 e. The standard InChI is InChI=1S/C20H25NO4/c1-13-11-15-3-2-4-16(19(15)25-13)20(22)21-18-7-10-24-12-17(18)14-5-8-23-9-6-14/h2-4,11,14,17-18H,5-10,12H2,1H3,(H,21,22)/t17-,18-/m1/s1. The molecule has 2 aliphatic rings. The van der Waals surface area contributed by atoms with Crippen LogP contribution >= 0.6 is 0 Å². The third-order valence-corrected chi connectivity index (χ3v) is 5.50. The maximum atomic E-state index is 12.9. The topological polar surface area (TPSA) is 60.7 Å². The van der Waals surface area contributed by atoms with Gasteiger partial charge in [-0.05, 0) is 44.2 Å². The van der Waals surface area contributed by atoms with Crippen molar-refractivity contribution in [2.45, 2.75) is 32.2 Å². The highest BCUT2D eigenvalue weighted by atomic mass is 16.5. The number of furan rings is 1. The lowest BCUT2D eigenvalue weighted by atomic mass is 9.79. The van der Waals surface area contributed by atoms with E-state index >= 15 is 0 Å². The van der Waals surface area contributed by atoms with E-state index in [1.165, 1.54) is 0 Å². The minimum atomic E-state index is -0.0519. The number of hydrogen-bond acceptors (Lipinski definition) is 4. The number of fused-ring (bicyclic) bond motifs is 1. The lowest BCUT2D eigenvalue weighted by molar-refractivity contribution is -0.0259. The molecule has 0 spiro atoms. The molecule has 2 saturated heterocycles. The molecular formula is C20H25NO4. The zero-order chi connectivity index (χ0) is 17.2. The Bertz CT molecular complexity index is 747. The van der Waals surface area contributed by atoms with Crippen LogP contribution in [0.2, 0.25) is 0 Å². The van der Waals surface area contributed by atoms with E-state index in [1.54, 1.807) is 0 Å². The molecule has 0 unspecified atom stereocenters. The highest BCUT2D eigenvalue weighted by Crippen LogP contribution is 2.31. The SMILES string of the molecule is Cc1cc2cccc(C(=O)N[C@@H]3CCOC[C@@H]3C3CCOCC3)c2o1. The van der Waals surface area contributed by atoms with E-state index in [1.807, 2.05) is 31.2 Å². The first kappa shape index (κ1) is 16.6. The van der Waals surface area contributed by atoms with Crippen molar-refractivity contribution in [3.63, 3.8) is 0 Å². The van der Waals surface area contributed by atoms with Gasteiger partial charge in [0.15, 0.2) is 0 Å². The van der Waals surface area contributed by atoms with Crippen molar-refractivity contribution in [2.24, 2.45) is 11.8 Å². The van der Waals surface area contributed by atoms with Crippen LogP contribution in [0.25, 0.3) is 11.0 Å². The highest BCUT2D eigenvalue weighted by molar-refractivity contribution is 6.05. The largest absolute Gasteiger partial charge is 0.461 e. The summed E-state index contributed by atoms with van der Waals surface area (Å²) in [7, 11) is 0. The van der Waals surface area contributed by atoms with Crippen molar-refractivity contribution in [1.29, 1.82) is 0 Å². The van der Waals surface area contributed by atoms with Gasteiger partial charge >= 0.3 is 0 Å². The molecule has 2 fully saturated rings. The second-order valence-corrected chi connectivity index (χ2v) is 7.14. The minimum Gasteiger partial charge on any atom is -0.461 e. The molecule has 1 aromatic carbocycles. The summed E-state index contributed by atoms with van der Waals surface area (Å²) in [4.78, 5) is 12.9. The molecule has 0 radical (unpaired) electrons. The fraction of sp³-hybridized carbons (Fsp3) is 0.550. The molecule has 1 N–H and O–H groups in total. The molecule has 2 aliphatic heterocycles. The Kier molecular flexibility index (Phi) is 4.77. The summed E-state index contributed by atoms with van der Waals surface area (Å²) in [5.41, 5.74) is 1.29. The number of hydrogen-bond donors (Lipinski definition) is 1. The van der Waals surface area contributed by atoms with E-state index in [2.05, 4.69) is 5.32 Å². The second kappa shape index (κ2) is 7.18. The fourth-order valence-electron chi connectivity index (χ4n) is 4.16. The maximum absolute atomic E-state index is 12.9. The van der Waals surface area contributed by atoms with E-state index in [0.717, 1.165) is 50.2 Å². The van der Waals surface area contributed by atoms with Gasteiger partial charge < -0.3 is 19.2 Å². The number of ether oxygens (including phenoxy) is 2. The summed E-state index contributed by atoms with van der Waals surface area (Å²) in [6, 6.07) is 7.83. The van der Waals surface area contributed by atoms with Gasteiger partial charge in [0.2, 0.25) is 0 Å². The molecule has 5 heteroatoms. The predicted octanol–water partition coefficient (Wildman–Crippen LogP) is 3.30. The number of carbonyl (C=O) groups is 1. The van der Waals surface area contributed by atoms with Gasteiger partial charge in [-0.25, -0.2) is 0 Å². The van der Waals surface area contributed by atoms with Gasteiger partial charge in [-0.1, -0.05) is 12.1 Å². The van der Waals surface area contributed by atoms with Crippen LogP contribution < -0.4 is 5.32 Å². The van der Waals surface area contributed by atoms with Crippen LogP contribution in [-0.4, -0.2) is 38.4 Å². The van der Waals surface area contributed by atoms with Crippen LogP contribution in [0.5, 0.6) is 0 Å². The molecule has 0 aliphatic carbocycles. The average molecular weight is 343 g/mol. The minimum absolute atomic E-state index is 0.0519. The van der Waals surface area contributed by atoms with Crippen molar-refractivity contribution in [3.05, 3.63) is 35.6 Å². The van der Waals surface area contributed by atoms with E-state index in [9.17, 15) is 4.79 Å². The number of para-hydroxylation sites is 1. The first-order chi connectivity index (χ1) is 12.2. The lowest BCUT2D eigenvalue weighted by Gasteiger charge is -2.39. The zero-order valence-electron chi connectivity index (χ0n) is 14.6. The third kappa shape index (κ3) is 3.44. The number of amides is 1. The highest BCUT2D eigenvalue weighted by Gasteiger charge is 2.34. The Balaban J connectivity index is 1.53. The number of carbonyl (C=O) groups excluding carboxylic acids is 1. The molecule has 3 heterocycles.